The van der Waals surface area contributed by atoms with Gasteiger partial charge in [-0.15, -0.1) is 0 Å². The molecule has 142 valence electrons. The number of hydrogen-bond donors (Lipinski definition) is 1. The zero-order chi connectivity index (χ0) is 19.3. The summed E-state index contributed by atoms with van der Waals surface area (Å²) in [4.78, 5) is 37.3. The van der Waals surface area contributed by atoms with E-state index in [2.05, 4.69) is 0 Å². The Morgan fingerprint density at radius 1 is 1.19 bits per heavy atom. The molecule has 7 heteroatoms. The molecule has 1 fully saturated rings. The summed E-state index contributed by atoms with van der Waals surface area (Å²) in [6, 6.07) is 6.60. The van der Waals surface area contributed by atoms with Gasteiger partial charge in [-0.3, -0.25) is 14.4 Å². The van der Waals surface area contributed by atoms with Crippen molar-refractivity contribution in [3.63, 3.8) is 0 Å². The van der Waals surface area contributed by atoms with Gasteiger partial charge in [-0.1, -0.05) is 29.8 Å². The number of ketones is 1. The molecule has 0 aliphatic heterocycles. The van der Waals surface area contributed by atoms with Gasteiger partial charge in [-0.25, -0.2) is 0 Å². The Balaban J connectivity index is 2.47. The van der Waals surface area contributed by atoms with E-state index in [4.69, 9.17) is 21.1 Å². The van der Waals surface area contributed by atoms with Crippen molar-refractivity contribution in [3.05, 3.63) is 34.9 Å². The van der Waals surface area contributed by atoms with E-state index < -0.39 is 35.8 Å². The minimum absolute atomic E-state index is 0.0543. The highest BCUT2D eigenvalue weighted by atomic mass is 35.5. The Labute approximate surface area is 157 Å². The predicted octanol–water partition coefficient (Wildman–Crippen LogP) is 2.71. The number of hydrogen-bond acceptors (Lipinski definition) is 6. The van der Waals surface area contributed by atoms with E-state index in [1.807, 2.05) is 0 Å². The number of Topliss-reactive ketones (excluding diaryl/α,β-unsaturated/α-hetero) is 1. The zero-order valence-electron chi connectivity index (χ0n) is 14.8. The third-order valence-electron chi connectivity index (χ3n) is 4.62. The summed E-state index contributed by atoms with van der Waals surface area (Å²) in [5.74, 6) is -4.64. The van der Waals surface area contributed by atoms with Gasteiger partial charge >= 0.3 is 11.9 Å². The molecule has 1 N–H and O–H groups in total. The molecule has 2 rings (SSSR count). The van der Waals surface area contributed by atoms with Crippen LogP contribution in [0.5, 0.6) is 0 Å². The van der Waals surface area contributed by atoms with Crippen LogP contribution < -0.4 is 0 Å². The molecule has 1 aliphatic rings. The largest absolute Gasteiger partial charge is 0.466 e. The first-order valence-corrected chi connectivity index (χ1v) is 9.08. The maximum absolute atomic E-state index is 12.5. The minimum Gasteiger partial charge on any atom is -0.466 e. The van der Waals surface area contributed by atoms with Crippen molar-refractivity contribution in [1.82, 2.24) is 0 Å². The van der Waals surface area contributed by atoms with Crippen LogP contribution in [-0.4, -0.2) is 36.0 Å². The highest BCUT2D eigenvalue weighted by molar-refractivity contribution is 6.31. The van der Waals surface area contributed by atoms with Crippen LogP contribution >= 0.6 is 11.6 Å². The number of benzene rings is 1. The Morgan fingerprint density at radius 2 is 1.81 bits per heavy atom. The fourth-order valence-electron chi connectivity index (χ4n) is 3.46. The topological polar surface area (TPSA) is 89.9 Å². The molecule has 0 amide bonds. The third-order valence-corrected chi connectivity index (χ3v) is 4.96. The van der Waals surface area contributed by atoms with Crippen molar-refractivity contribution in [2.75, 3.05) is 13.2 Å². The Kier molecular flexibility index (Phi) is 7.17. The van der Waals surface area contributed by atoms with Gasteiger partial charge in [0.05, 0.1) is 25.2 Å². The van der Waals surface area contributed by atoms with Gasteiger partial charge in [0.25, 0.3) is 0 Å². The van der Waals surface area contributed by atoms with E-state index in [0.717, 1.165) is 0 Å². The molecule has 0 spiro atoms. The number of aliphatic hydroxyl groups is 1. The van der Waals surface area contributed by atoms with Crippen LogP contribution in [-0.2, 0) is 23.9 Å². The molecule has 1 aromatic carbocycles. The summed E-state index contributed by atoms with van der Waals surface area (Å²) < 4.78 is 10.1. The number of ether oxygens (including phenoxy) is 2. The molecule has 0 bridgehead atoms. The van der Waals surface area contributed by atoms with Crippen LogP contribution in [0.25, 0.3) is 0 Å². The molecule has 0 aromatic heterocycles. The monoisotopic (exact) mass is 382 g/mol. The number of rotatable bonds is 6. The van der Waals surface area contributed by atoms with Crippen molar-refractivity contribution in [2.24, 2.45) is 17.8 Å². The molecule has 4 atom stereocenters. The van der Waals surface area contributed by atoms with Crippen LogP contribution in [0, 0.1) is 17.8 Å². The van der Waals surface area contributed by atoms with Crippen LogP contribution in [0.2, 0.25) is 5.02 Å². The van der Waals surface area contributed by atoms with Gasteiger partial charge in [0.1, 0.15) is 11.7 Å². The van der Waals surface area contributed by atoms with Crippen molar-refractivity contribution in [1.29, 1.82) is 0 Å². The van der Waals surface area contributed by atoms with E-state index >= 15 is 0 Å². The van der Waals surface area contributed by atoms with Crippen LogP contribution in [0.1, 0.15) is 38.4 Å². The van der Waals surface area contributed by atoms with Crippen molar-refractivity contribution < 1.29 is 29.0 Å². The fourth-order valence-corrected chi connectivity index (χ4v) is 3.71. The first-order chi connectivity index (χ1) is 12.4. The van der Waals surface area contributed by atoms with Gasteiger partial charge in [-0.05, 0) is 31.9 Å². The van der Waals surface area contributed by atoms with Crippen molar-refractivity contribution in [2.45, 2.75) is 32.8 Å². The summed E-state index contributed by atoms with van der Waals surface area (Å²) in [6.07, 6.45) is -1.02. The second-order valence-corrected chi connectivity index (χ2v) is 6.54. The Bertz CT molecular complexity index is 674. The second-order valence-electron chi connectivity index (χ2n) is 6.14. The van der Waals surface area contributed by atoms with Crippen LogP contribution in [0.3, 0.4) is 0 Å². The first-order valence-electron chi connectivity index (χ1n) is 8.70. The standard InChI is InChI=1S/C19H23ClO6/c1-3-25-18(23)12-9-10-14(21)16(19(24)26-4-2)15(12)17(22)11-7-5-6-8-13(11)20/h5-8,12,15-17,22H,3-4,9-10H2,1-2H3. The molecular weight excluding hydrogens is 360 g/mol. The average Bonchev–Trinajstić information content (AvgIpc) is 2.61. The summed E-state index contributed by atoms with van der Waals surface area (Å²) in [5, 5.41) is 11.3. The molecular formula is C19H23ClO6. The minimum atomic E-state index is -1.28. The van der Waals surface area contributed by atoms with Crippen molar-refractivity contribution >= 4 is 29.3 Å². The second kappa shape index (κ2) is 9.14. The Morgan fingerprint density at radius 3 is 2.42 bits per heavy atom. The summed E-state index contributed by atoms with van der Waals surface area (Å²) in [5.41, 5.74) is 0.359. The summed E-state index contributed by atoms with van der Waals surface area (Å²) in [6.45, 7) is 3.57. The van der Waals surface area contributed by atoms with E-state index in [9.17, 15) is 19.5 Å². The molecule has 6 nitrogen and oxygen atoms in total. The summed E-state index contributed by atoms with van der Waals surface area (Å²) >= 11 is 6.17. The fraction of sp³-hybridized carbons (Fsp3) is 0.526. The quantitative estimate of drug-likeness (QED) is 0.601. The third kappa shape index (κ3) is 4.24. The molecule has 4 unspecified atom stereocenters. The maximum Gasteiger partial charge on any atom is 0.316 e. The lowest BCUT2D eigenvalue weighted by Crippen LogP contribution is -2.46. The number of halogens is 1. The average molecular weight is 383 g/mol. The van der Waals surface area contributed by atoms with Crippen LogP contribution in [0.15, 0.2) is 24.3 Å². The van der Waals surface area contributed by atoms with E-state index in [1.165, 1.54) is 0 Å². The van der Waals surface area contributed by atoms with Gasteiger partial charge in [0.15, 0.2) is 0 Å². The SMILES string of the molecule is CCOC(=O)C1CCC(=O)C(C(=O)OCC)C1C(O)c1ccccc1Cl. The highest BCUT2D eigenvalue weighted by Gasteiger charge is 2.50. The number of carbonyl (C=O) groups is 3. The number of esters is 2. The highest BCUT2D eigenvalue weighted by Crippen LogP contribution is 2.43. The normalized spacial score (nSPS) is 24.0. The molecule has 1 aliphatic carbocycles. The number of aliphatic hydroxyl groups excluding tert-OH is 1. The smallest absolute Gasteiger partial charge is 0.316 e. The van der Waals surface area contributed by atoms with Gasteiger partial charge in [0.2, 0.25) is 0 Å². The molecule has 0 saturated heterocycles. The molecule has 0 radical (unpaired) electrons. The predicted molar refractivity (Wildman–Crippen MR) is 94.4 cm³/mol. The molecule has 1 aromatic rings. The molecule has 0 heterocycles. The summed E-state index contributed by atoms with van der Waals surface area (Å²) in [7, 11) is 0. The van der Waals surface area contributed by atoms with Crippen molar-refractivity contribution in [3.8, 4) is 0 Å². The lowest BCUT2D eigenvalue weighted by atomic mass is 9.67. The van der Waals surface area contributed by atoms with Gasteiger partial charge in [0, 0.05) is 17.4 Å². The van der Waals surface area contributed by atoms with Gasteiger partial charge < -0.3 is 14.6 Å². The molecule has 26 heavy (non-hydrogen) atoms. The lowest BCUT2D eigenvalue weighted by Gasteiger charge is -2.37. The van der Waals surface area contributed by atoms with E-state index in [-0.39, 0.29) is 31.8 Å². The van der Waals surface area contributed by atoms with Gasteiger partial charge in [-0.2, -0.15) is 0 Å². The first kappa shape index (κ1) is 20.4. The number of carbonyl (C=O) groups excluding carboxylic acids is 3. The van der Waals surface area contributed by atoms with E-state index in [1.54, 1.807) is 38.1 Å². The maximum atomic E-state index is 12.5. The van der Waals surface area contributed by atoms with E-state index in [0.29, 0.717) is 10.6 Å². The van der Waals surface area contributed by atoms with Crippen LogP contribution in [0.4, 0.5) is 0 Å². The Hall–Kier alpha value is -1.92. The lowest BCUT2D eigenvalue weighted by molar-refractivity contribution is -0.167. The zero-order valence-corrected chi connectivity index (χ0v) is 15.6. The molecule has 1 saturated carbocycles.